The number of nitrogens with zero attached hydrogens (tertiary/aromatic N) is 2. The third kappa shape index (κ3) is 2.69. The molecule has 0 aliphatic carbocycles. The molecule has 0 aliphatic rings. The lowest BCUT2D eigenvalue weighted by molar-refractivity contribution is 0.177. The molecule has 1 unspecified atom stereocenters. The van der Waals surface area contributed by atoms with E-state index in [0.29, 0.717) is 23.3 Å². The molecule has 2 N–H and O–H groups in total. The largest absolute Gasteiger partial charge is 0.383 e. The maximum atomic E-state index is 5.90. The molecular formula is C12H14ClN3O2. The number of hydrogen-bond acceptors (Lipinski definition) is 5. The van der Waals surface area contributed by atoms with Crippen molar-refractivity contribution in [3.05, 3.63) is 34.6 Å². The minimum absolute atomic E-state index is 0.346. The van der Waals surface area contributed by atoms with Crippen molar-refractivity contribution in [1.29, 1.82) is 0 Å². The fourth-order valence-corrected chi connectivity index (χ4v) is 1.84. The minimum Gasteiger partial charge on any atom is -0.383 e. The molecule has 2 rings (SSSR count). The molecule has 0 saturated carbocycles. The molecule has 0 amide bonds. The number of halogens is 1. The van der Waals surface area contributed by atoms with Gasteiger partial charge in [-0.3, -0.25) is 0 Å². The first-order chi connectivity index (χ1) is 8.61. The zero-order valence-corrected chi connectivity index (χ0v) is 10.9. The fourth-order valence-electron chi connectivity index (χ4n) is 1.62. The van der Waals surface area contributed by atoms with Gasteiger partial charge in [0.05, 0.1) is 12.6 Å². The number of aromatic nitrogens is 2. The molecular weight excluding hydrogens is 254 g/mol. The van der Waals surface area contributed by atoms with Crippen molar-refractivity contribution in [2.24, 2.45) is 5.73 Å². The smallest absolute Gasteiger partial charge is 0.258 e. The summed E-state index contributed by atoms with van der Waals surface area (Å²) in [6.07, 6.45) is 0. The molecule has 96 valence electrons. The van der Waals surface area contributed by atoms with E-state index >= 15 is 0 Å². The van der Waals surface area contributed by atoms with Crippen LogP contribution in [0.4, 0.5) is 0 Å². The maximum Gasteiger partial charge on any atom is 0.258 e. The molecule has 6 heteroatoms. The summed E-state index contributed by atoms with van der Waals surface area (Å²) in [6, 6.07) is 5.08. The number of benzene rings is 1. The highest BCUT2D eigenvalue weighted by Gasteiger charge is 2.16. The van der Waals surface area contributed by atoms with Crippen molar-refractivity contribution >= 4 is 11.6 Å². The van der Waals surface area contributed by atoms with E-state index in [1.165, 1.54) is 0 Å². The Morgan fingerprint density at radius 3 is 2.94 bits per heavy atom. The topological polar surface area (TPSA) is 74.2 Å². The van der Waals surface area contributed by atoms with E-state index in [-0.39, 0.29) is 6.04 Å². The predicted octanol–water partition coefficient (Wildman–Crippen LogP) is 2.34. The Morgan fingerprint density at radius 2 is 2.28 bits per heavy atom. The summed E-state index contributed by atoms with van der Waals surface area (Å²) in [5.74, 6) is 0.868. The quantitative estimate of drug-likeness (QED) is 0.920. The molecule has 5 nitrogen and oxygen atoms in total. The van der Waals surface area contributed by atoms with Gasteiger partial charge in [-0.25, -0.2) is 0 Å². The van der Waals surface area contributed by atoms with E-state index in [0.717, 1.165) is 11.1 Å². The summed E-state index contributed by atoms with van der Waals surface area (Å²) < 4.78 is 10.1. The summed E-state index contributed by atoms with van der Waals surface area (Å²) in [4.78, 5) is 4.26. The Labute approximate surface area is 110 Å². The number of methoxy groups -OCH3 is 1. The van der Waals surface area contributed by atoms with E-state index in [9.17, 15) is 0 Å². The molecule has 0 fully saturated rings. The molecule has 0 saturated heterocycles. The first-order valence-electron chi connectivity index (χ1n) is 5.46. The van der Waals surface area contributed by atoms with Gasteiger partial charge < -0.3 is 15.0 Å². The van der Waals surface area contributed by atoms with E-state index < -0.39 is 0 Å². The third-order valence-electron chi connectivity index (χ3n) is 2.54. The highest BCUT2D eigenvalue weighted by Crippen LogP contribution is 2.25. The van der Waals surface area contributed by atoms with Crippen molar-refractivity contribution in [1.82, 2.24) is 10.1 Å². The van der Waals surface area contributed by atoms with E-state index in [1.54, 1.807) is 13.2 Å². The van der Waals surface area contributed by atoms with Gasteiger partial charge in [-0.15, -0.1) is 0 Å². The Hall–Kier alpha value is -1.43. The minimum atomic E-state index is -0.389. The second-order valence-corrected chi connectivity index (χ2v) is 4.42. The Kier molecular flexibility index (Phi) is 3.96. The van der Waals surface area contributed by atoms with Gasteiger partial charge >= 0.3 is 0 Å². The van der Waals surface area contributed by atoms with Crippen LogP contribution in [0.5, 0.6) is 0 Å². The van der Waals surface area contributed by atoms with Crippen molar-refractivity contribution in [2.75, 3.05) is 13.7 Å². The van der Waals surface area contributed by atoms with Crippen LogP contribution in [-0.2, 0) is 4.74 Å². The lowest BCUT2D eigenvalue weighted by Gasteiger charge is -2.03. The molecule has 2 aromatic rings. The van der Waals surface area contributed by atoms with Crippen molar-refractivity contribution in [3.8, 4) is 11.5 Å². The molecule has 0 aliphatic heterocycles. The summed E-state index contributed by atoms with van der Waals surface area (Å²) in [6.45, 7) is 2.28. The van der Waals surface area contributed by atoms with Gasteiger partial charge in [0.2, 0.25) is 0 Å². The maximum absolute atomic E-state index is 5.90. The number of nitrogens with two attached hydrogens (primary N) is 1. The van der Waals surface area contributed by atoms with Crippen molar-refractivity contribution < 1.29 is 9.26 Å². The van der Waals surface area contributed by atoms with Gasteiger partial charge in [0.1, 0.15) is 0 Å². The lowest BCUT2D eigenvalue weighted by Crippen LogP contribution is -2.17. The summed E-state index contributed by atoms with van der Waals surface area (Å²) in [5, 5.41) is 4.52. The monoisotopic (exact) mass is 267 g/mol. The van der Waals surface area contributed by atoms with Crippen LogP contribution in [0.3, 0.4) is 0 Å². The van der Waals surface area contributed by atoms with Gasteiger partial charge in [-0.05, 0) is 30.7 Å². The van der Waals surface area contributed by atoms with Crippen molar-refractivity contribution in [2.45, 2.75) is 13.0 Å². The predicted molar refractivity (Wildman–Crippen MR) is 68.3 cm³/mol. The Morgan fingerprint density at radius 1 is 1.50 bits per heavy atom. The van der Waals surface area contributed by atoms with Crippen LogP contribution in [0, 0.1) is 6.92 Å². The van der Waals surface area contributed by atoms with Gasteiger partial charge in [-0.2, -0.15) is 4.98 Å². The van der Waals surface area contributed by atoms with E-state index in [2.05, 4.69) is 10.1 Å². The second kappa shape index (κ2) is 5.48. The van der Waals surface area contributed by atoms with E-state index in [4.69, 9.17) is 26.6 Å². The number of ether oxygens (including phenoxy) is 1. The Bertz CT molecular complexity index is 542. The molecule has 18 heavy (non-hydrogen) atoms. The van der Waals surface area contributed by atoms with Crippen LogP contribution in [0.25, 0.3) is 11.5 Å². The molecule has 1 heterocycles. The normalized spacial score (nSPS) is 12.7. The number of hydrogen-bond donors (Lipinski definition) is 1. The van der Waals surface area contributed by atoms with E-state index in [1.807, 2.05) is 19.1 Å². The highest BCUT2D eigenvalue weighted by molar-refractivity contribution is 6.30. The van der Waals surface area contributed by atoms with Crippen LogP contribution in [0.15, 0.2) is 22.7 Å². The summed E-state index contributed by atoms with van der Waals surface area (Å²) >= 11 is 5.90. The molecule has 0 bridgehead atoms. The van der Waals surface area contributed by atoms with Crippen molar-refractivity contribution in [3.63, 3.8) is 0 Å². The van der Waals surface area contributed by atoms with Crippen LogP contribution in [0.1, 0.15) is 17.4 Å². The fraction of sp³-hybridized carbons (Fsp3) is 0.333. The second-order valence-electron chi connectivity index (χ2n) is 3.98. The van der Waals surface area contributed by atoms with Crippen LogP contribution >= 0.6 is 11.6 Å². The standard InChI is InChI=1S/C12H14ClN3O2/c1-7-5-8(13)3-4-9(7)12-15-11(16-18-12)10(14)6-17-2/h3-5,10H,6,14H2,1-2H3. The Balaban J connectivity index is 2.29. The summed E-state index contributed by atoms with van der Waals surface area (Å²) in [7, 11) is 1.57. The van der Waals surface area contributed by atoms with Crippen LogP contribution in [-0.4, -0.2) is 23.9 Å². The first kappa shape index (κ1) is 13.0. The number of rotatable bonds is 4. The molecule has 1 aromatic carbocycles. The molecule has 1 atom stereocenters. The SMILES string of the molecule is COCC(N)c1noc(-c2ccc(Cl)cc2C)n1. The van der Waals surface area contributed by atoms with Gasteiger partial charge in [-0.1, -0.05) is 16.8 Å². The molecule has 0 spiro atoms. The zero-order chi connectivity index (χ0) is 13.1. The van der Waals surface area contributed by atoms with Gasteiger partial charge in [0, 0.05) is 17.7 Å². The summed E-state index contributed by atoms with van der Waals surface area (Å²) in [5.41, 5.74) is 7.65. The van der Waals surface area contributed by atoms with Crippen LogP contribution < -0.4 is 5.73 Å². The average Bonchev–Trinajstić information content (AvgIpc) is 2.78. The van der Waals surface area contributed by atoms with Crippen LogP contribution in [0.2, 0.25) is 5.02 Å². The average molecular weight is 268 g/mol. The third-order valence-corrected chi connectivity index (χ3v) is 2.77. The highest BCUT2D eigenvalue weighted by atomic mass is 35.5. The van der Waals surface area contributed by atoms with Gasteiger partial charge in [0.15, 0.2) is 5.82 Å². The number of aryl methyl sites for hydroxylation is 1. The van der Waals surface area contributed by atoms with Gasteiger partial charge in [0.25, 0.3) is 5.89 Å². The first-order valence-corrected chi connectivity index (χ1v) is 5.84. The zero-order valence-electron chi connectivity index (χ0n) is 10.2. The lowest BCUT2D eigenvalue weighted by atomic mass is 10.1. The molecule has 0 radical (unpaired) electrons. The molecule has 1 aromatic heterocycles.